The largest absolute Gasteiger partial charge is 0.353 e. The van der Waals surface area contributed by atoms with Crippen LogP contribution in [0, 0.1) is 11.3 Å². The molecule has 1 fully saturated rings. The molecule has 5 nitrogen and oxygen atoms in total. The molecule has 118 valence electrons. The molecule has 0 radical (unpaired) electrons. The molecule has 0 bridgehead atoms. The van der Waals surface area contributed by atoms with E-state index in [1.54, 1.807) is 19.1 Å². The van der Waals surface area contributed by atoms with Crippen LogP contribution in [0.2, 0.25) is 0 Å². The lowest BCUT2D eigenvalue weighted by atomic mass is 10.1. The van der Waals surface area contributed by atoms with Gasteiger partial charge in [0, 0.05) is 6.54 Å². The van der Waals surface area contributed by atoms with E-state index in [-0.39, 0.29) is 23.1 Å². The SMILES string of the molecule is CC1OC(c2ccccc2)CN1S(=O)(=O)c1ccccc1C#N. The molecule has 0 aliphatic carbocycles. The van der Waals surface area contributed by atoms with E-state index < -0.39 is 16.3 Å². The van der Waals surface area contributed by atoms with E-state index in [0.717, 1.165) is 5.56 Å². The molecule has 0 N–H and O–H groups in total. The number of nitriles is 1. The number of sulfonamides is 1. The normalized spacial score (nSPS) is 21.9. The molecule has 0 spiro atoms. The van der Waals surface area contributed by atoms with E-state index in [0.29, 0.717) is 0 Å². The Kier molecular flexibility index (Phi) is 4.18. The van der Waals surface area contributed by atoms with E-state index in [2.05, 4.69) is 0 Å². The maximum atomic E-state index is 12.9. The Morgan fingerprint density at radius 3 is 2.48 bits per heavy atom. The molecule has 1 heterocycles. The Morgan fingerprint density at radius 1 is 1.13 bits per heavy atom. The molecular formula is C17H16N2O3S. The quantitative estimate of drug-likeness (QED) is 0.868. The van der Waals surface area contributed by atoms with Gasteiger partial charge in [-0.1, -0.05) is 42.5 Å². The van der Waals surface area contributed by atoms with Crippen molar-refractivity contribution in [2.75, 3.05) is 6.54 Å². The molecule has 1 saturated heterocycles. The number of ether oxygens (including phenoxy) is 1. The van der Waals surface area contributed by atoms with Crippen LogP contribution in [0.3, 0.4) is 0 Å². The molecule has 1 aliphatic rings. The topological polar surface area (TPSA) is 70.4 Å². The molecule has 2 aromatic rings. The highest BCUT2D eigenvalue weighted by molar-refractivity contribution is 7.89. The summed E-state index contributed by atoms with van der Waals surface area (Å²) in [6.45, 7) is 1.93. The third-order valence-electron chi connectivity index (χ3n) is 3.88. The molecule has 0 saturated carbocycles. The average molecular weight is 328 g/mol. The van der Waals surface area contributed by atoms with Crippen molar-refractivity contribution in [1.82, 2.24) is 4.31 Å². The van der Waals surface area contributed by atoms with Gasteiger partial charge in [-0.05, 0) is 24.6 Å². The van der Waals surface area contributed by atoms with Gasteiger partial charge in [0.05, 0.1) is 11.7 Å². The zero-order valence-electron chi connectivity index (χ0n) is 12.6. The van der Waals surface area contributed by atoms with Crippen molar-refractivity contribution in [2.24, 2.45) is 0 Å². The fraction of sp³-hybridized carbons (Fsp3) is 0.235. The Balaban J connectivity index is 1.94. The minimum Gasteiger partial charge on any atom is -0.353 e. The first-order chi connectivity index (χ1) is 11.0. The van der Waals surface area contributed by atoms with Crippen LogP contribution in [0.1, 0.15) is 24.2 Å². The minimum absolute atomic E-state index is 0.0201. The van der Waals surface area contributed by atoms with Gasteiger partial charge in [0.2, 0.25) is 10.0 Å². The number of hydrogen-bond acceptors (Lipinski definition) is 4. The summed E-state index contributed by atoms with van der Waals surface area (Å²) >= 11 is 0. The van der Waals surface area contributed by atoms with Gasteiger partial charge in [0.15, 0.2) is 0 Å². The van der Waals surface area contributed by atoms with Crippen molar-refractivity contribution in [1.29, 1.82) is 5.26 Å². The number of hydrogen-bond donors (Lipinski definition) is 0. The second-order valence-electron chi connectivity index (χ2n) is 5.32. The predicted octanol–water partition coefficient (Wildman–Crippen LogP) is 2.67. The first kappa shape index (κ1) is 15.7. The van der Waals surface area contributed by atoms with Crippen LogP contribution in [0.15, 0.2) is 59.5 Å². The van der Waals surface area contributed by atoms with Crippen LogP contribution < -0.4 is 0 Å². The third kappa shape index (κ3) is 2.86. The fourth-order valence-corrected chi connectivity index (χ4v) is 4.38. The Morgan fingerprint density at radius 2 is 1.78 bits per heavy atom. The zero-order valence-corrected chi connectivity index (χ0v) is 13.4. The predicted molar refractivity (Wildman–Crippen MR) is 84.8 cm³/mol. The van der Waals surface area contributed by atoms with Crippen molar-refractivity contribution >= 4 is 10.0 Å². The van der Waals surface area contributed by atoms with E-state index >= 15 is 0 Å². The van der Waals surface area contributed by atoms with E-state index in [1.165, 1.54) is 16.4 Å². The summed E-state index contributed by atoms with van der Waals surface area (Å²) in [4.78, 5) is 0.0201. The second-order valence-corrected chi connectivity index (χ2v) is 7.18. The van der Waals surface area contributed by atoms with Gasteiger partial charge in [0.1, 0.15) is 17.2 Å². The maximum Gasteiger partial charge on any atom is 0.246 e. The zero-order chi connectivity index (χ0) is 16.4. The molecule has 2 unspecified atom stereocenters. The van der Waals surface area contributed by atoms with Gasteiger partial charge >= 0.3 is 0 Å². The van der Waals surface area contributed by atoms with Gasteiger partial charge in [-0.25, -0.2) is 8.42 Å². The van der Waals surface area contributed by atoms with Crippen LogP contribution in [0.25, 0.3) is 0 Å². The number of benzene rings is 2. The Labute approximate surface area is 135 Å². The van der Waals surface area contributed by atoms with Gasteiger partial charge < -0.3 is 4.74 Å². The second kappa shape index (κ2) is 6.13. The third-order valence-corrected chi connectivity index (χ3v) is 5.85. The van der Waals surface area contributed by atoms with Crippen molar-refractivity contribution in [2.45, 2.75) is 24.2 Å². The molecule has 3 rings (SSSR count). The number of rotatable bonds is 3. The Hall–Kier alpha value is -2.20. The number of nitrogens with zero attached hydrogens (tertiary/aromatic N) is 2. The van der Waals surface area contributed by atoms with E-state index in [1.807, 2.05) is 36.4 Å². The summed E-state index contributed by atoms with van der Waals surface area (Å²) in [5.74, 6) is 0. The van der Waals surface area contributed by atoms with Crippen molar-refractivity contribution < 1.29 is 13.2 Å². The lowest BCUT2D eigenvalue weighted by Gasteiger charge is -2.19. The minimum atomic E-state index is -3.79. The molecule has 1 aliphatic heterocycles. The highest BCUT2D eigenvalue weighted by atomic mass is 32.2. The molecule has 23 heavy (non-hydrogen) atoms. The van der Waals surface area contributed by atoms with E-state index in [4.69, 9.17) is 10.00 Å². The first-order valence-electron chi connectivity index (χ1n) is 7.25. The average Bonchev–Trinajstić information content (AvgIpc) is 2.98. The van der Waals surface area contributed by atoms with Crippen LogP contribution in [-0.4, -0.2) is 25.5 Å². The summed E-state index contributed by atoms with van der Waals surface area (Å²) in [6, 6.07) is 17.7. The van der Waals surface area contributed by atoms with Crippen LogP contribution in [0.5, 0.6) is 0 Å². The monoisotopic (exact) mass is 328 g/mol. The van der Waals surface area contributed by atoms with Crippen molar-refractivity contribution in [3.63, 3.8) is 0 Å². The summed E-state index contributed by atoms with van der Waals surface area (Å²) in [5, 5.41) is 9.16. The Bertz CT molecular complexity index is 844. The molecule has 0 aromatic heterocycles. The molecule has 2 atom stereocenters. The van der Waals surface area contributed by atoms with Gasteiger partial charge in [-0.3, -0.25) is 0 Å². The van der Waals surface area contributed by atoms with E-state index in [9.17, 15) is 8.42 Å². The summed E-state index contributed by atoms with van der Waals surface area (Å²) in [5.41, 5.74) is 1.08. The molecule has 0 amide bonds. The highest BCUT2D eigenvalue weighted by Gasteiger charge is 2.40. The fourth-order valence-electron chi connectivity index (χ4n) is 2.72. The van der Waals surface area contributed by atoms with Crippen LogP contribution >= 0.6 is 0 Å². The summed E-state index contributed by atoms with van der Waals surface area (Å²) < 4.78 is 32.9. The smallest absolute Gasteiger partial charge is 0.246 e. The summed E-state index contributed by atoms with van der Waals surface area (Å²) in [7, 11) is -3.79. The highest BCUT2D eigenvalue weighted by Crippen LogP contribution is 2.33. The summed E-state index contributed by atoms with van der Waals surface area (Å²) in [6.07, 6.45) is -0.896. The lowest BCUT2D eigenvalue weighted by Crippen LogP contribution is -2.34. The van der Waals surface area contributed by atoms with Crippen molar-refractivity contribution in [3.05, 3.63) is 65.7 Å². The van der Waals surface area contributed by atoms with Gasteiger partial charge in [-0.2, -0.15) is 9.57 Å². The standard InChI is InChI=1S/C17H16N2O3S/c1-13-19(12-16(22-13)14-7-3-2-4-8-14)23(20,21)17-10-6-5-9-15(17)11-18/h2-10,13,16H,12H2,1H3. The lowest BCUT2D eigenvalue weighted by molar-refractivity contribution is 0.0344. The molecule has 6 heteroatoms. The van der Waals surface area contributed by atoms with Crippen LogP contribution in [0.4, 0.5) is 0 Å². The molecular weight excluding hydrogens is 312 g/mol. The first-order valence-corrected chi connectivity index (χ1v) is 8.69. The van der Waals surface area contributed by atoms with Gasteiger partial charge in [-0.15, -0.1) is 0 Å². The maximum absolute atomic E-state index is 12.9. The van der Waals surface area contributed by atoms with Gasteiger partial charge in [0.25, 0.3) is 0 Å². The van der Waals surface area contributed by atoms with Crippen molar-refractivity contribution in [3.8, 4) is 6.07 Å². The van der Waals surface area contributed by atoms with Crippen LogP contribution in [-0.2, 0) is 14.8 Å². The molecule has 2 aromatic carbocycles.